The van der Waals surface area contributed by atoms with E-state index in [0.29, 0.717) is 55.2 Å². The summed E-state index contributed by atoms with van der Waals surface area (Å²) in [4.78, 5) is 39.1. The van der Waals surface area contributed by atoms with Crippen LogP contribution in [0.4, 0.5) is 17.5 Å². The lowest BCUT2D eigenvalue weighted by Gasteiger charge is -2.36. The van der Waals surface area contributed by atoms with Crippen LogP contribution in [0.5, 0.6) is 17.2 Å². The molecule has 0 radical (unpaired) electrons. The SMILES string of the molecule is COc1c(OC)c(OC)c2c(N)nc(N3CCN(C(=O)C4CCCO4)CC3)nc2c1NC(=O)c1ccccc1. The van der Waals surface area contributed by atoms with Crippen LogP contribution in [0.25, 0.3) is 10.9 Å². The smallest absolute Gasteiger partial charge is 0.255 e. The van der Waals surface area contributed by atoms with Crippen molar-refractivity contribution in [3.8, 4) is 17.2 Å². The third-order valence-electron chi connectivity index (χ3n) is 6.99. The maximum atomic E-state index is 13.2. The Kier molecular flexibility index (Phi) is 7.55. The average molecular weight is 537 g/mol. The molecular weight excluding hydrogens is 504 g/mol. The monoisotopic (exact) mass is 536 g/mol. The molecule has 12 heteroatoms. The third-order valence-corrected chi connectivity index (χ3v) is 6.99. The molecule has 3 heterocycles. The summed E-state index contributed by atoms with van der Waals surface area (Å²) in [5.74, 6) is 0.968. The molecule has 1 atom stereocenters. The van der Waals surface area contributed by atoms with Crippen molar-refractivity contribution in [2.45, 2.75) is 18.9 Å². The van der Waals surface area contributed by atoms with Gasteiger partial charge in [-0.05, 0) is 25.0 Å². The number of fused-ring (bicyclic) bond motifs is 1. The summed E-state index contributed by atoms with van der Waals surface area (Å²) in [6.45, 7) is 2.67. The number of nitrogens with zero attached hydrogens (tertiary/aromatic N) is 4. The van der Waals surface area contributed by atoms with Crippen LogP contribution in [0.15, 0.2) is 30.3 Å². The lowest BCUT2D eigenvalue weighted by molar-refractivity contribution is -0.141. The molecule has 5 rings (SSSR count). The number of nitrogens with two attached hydrogens (primary N) is 1. The highest BCUT2D eigenvalue weighted by Gasteiger charge is 2.32. The van der Waals surface area contributed by atoms with Crippen molar-refractivity contribution in [1.29, 1.82) is 0 Å². The van der Waals surface area contributed by atoms with Crippen LogP contribution in [-0.2, 0) is 9.53 Å². The number of carbonyl (C=O) groups is 2. The molecule has 12 nitrogen and oxygen atoms in total. The number of anilines is 3. The maximum Gasteiger partial charge on any atom is 0.255 e. The summed E-state index contributed by atoms with van der Waals surface area (Å²) >= 11 is 0. The zero-order chi connectivity index (χ0) is 27.5. The van der Waals surface area contributed by atoms with Gasteiger partial charge in [-0.1, -0.05) is 18.2 Å². The van der Waals surface area contributed by atoms with Crippen molar-refractivity contribution in [1.82, 2.24) is 14.9 Å². The molecule has 2 aliphatic heterocycles. The second-order valence-corrected chi connectivity index (χ2v) is 9.24. The molecule has 0 spiro atoms. The van der Waals surface area contributed by atoms with Gasteiger partial charge in [0.25, 0.3) is 11.8 Å². The second kappa shape index (κ2) is 11.2. The van der Waals surface area contributed by atoms with Crippen LogP contribution in [0.2, 0.25) is 0 Å². The van der Waals surface area contributed by atoms with E-state index < -0.39 is 0 Å². The van der Waals surface area contributed by atoms with Gasteiger partial charge in [-0.15, -0.1) is 0 Å². The molecule has 3 N–H and O–H groups in total. The number of rotatable bonds is 7. The molecule has 2 aliphatic rings. The Morgan fingerprint density at radius 1 is 0.974 bits per heavy atom. The number of amides is 2. The number of nitrogens with one attached hydrogen (secondary N) is 1. The summed E-state index contributed by atoms with van der Waals surface area (Å²) in [7, 11) is 4.42. The Bertz CT molecular complexity index is 1370. The van der Waals surface area contributed by atoms with Crippen LogP contribution in [0.3, 0.4) is 0 Å². The first kappa shape index (κ1) is 26.3. The molecule has 2 saturated heterocycles. The molecular formula is C27H32N6O6. The van der Waals surface area contributed by atoms with E-state index in [1.54, 1.807) is 24.3 Å². The molecule has 3 aromatic rings. The molecule has 2 aromatic carbocycles. The fourth-order valence-electron chi connectivity index (χ4n) is 5.02. The van der Waals surface area contributed by atoms with Crippen LogP contribution in [0, 0.1) is 0 Å². The minimum atomic E-state index is -0.359. The van der Waals surface area contributed by atoms with Crippen LogP contribution >= 0.6 is 0 Å². The van der Waals surface area contributed by atoms with Gasteiger partial charge in [0.1, 0.15) is 23.1 Å². The predicted octanol–water partition coefficient (Wildman–Crippen LogP) is 2.32. The summed E-state index contributed by atoms with van der Waals surface area (Å²) in [6.07, 6.45) is 1.31. The van der Waals surface area contributed by atoms with Gasteiger partial charge < -0.3 is 39.8 Å². The standard InChI is InChI=1S/C27H32N6O6/c1-36-21-18-19(20(22(37-2)23(21)38-3)29-25(34)16-8-5-4-6-9-16)30-27(31-24(18)28)33-13-11-32(12-14-33)26(35)17-10-7-15-39-17/h4-6,8-9,17H,7,10-15H2,1-3H3,(H,29,34)(H2,28,30,31). The van der Waals surface area contributed by atoms with E-state index in [2.05, 4.69) is 10.3 Å². The van der Waals surface area contributed by atoms with E-state index in [1.807, 2.05) is 15.9 Å². The molecule has 2 fully saturated rings. The minimum absolute atomic E-state index is 0.0265. The Labute approximate surface area is 226 Å². The zero-order valence-electron chi connectivity index (χ0n) is 22.2. The summed E-state index contributed by atoms with van der Waals surface area (Å²) in [5, 5.41) is 3.31. The summed E-state index contributed by atoms with van der Waals surface area (Å²) in [5.41, 5.74) is 7.55. The highest BCUT2D eigenvalue weighted by Crippen LogP contribution is 2.50. The normalized spacial score (nSPS) is 17.3. The summed E-state index contributed by atoms with van der Waals surface area (Å²) < 4.78 is 22.5. The van der Waals surface area contributed by atoms with E-state index in [1.165, 1.54) is 21.3 Å². The molecule has 1 aromatic heterocycles. The minimum Gasteiger partial charge on any atom is -0.492 e. The number of piperazine rings is 1. The maximum absolute atomic E-state index is 13.2. The number of hydrogen-bond donors (Lipinski definition) is 2. The van der Waals surface area contributed by atoms with Crippen LogP contribution < -0.4 is 30.2 Å². The highest BCUT2D eigenvalue weighted by molar-refractivity contribution is 6.14. The Morgan fingerprint density at radius 3 is 2.28 bits per heavy atom. The first-order chi connectivity index (χ1) is 19.0. The Balaban J connectivity index is 1.53. The van der Waals surface area contributed by atoms with E-state index in [-0.39, 0.29) is 46.7 Å². The van der Waals surface area contributed by atoms with Gasteiger partial charge in [-0.25, -0.2) is 4.98 Å². The lowest BCUT2D eigenvalue weighted by Crippen LogP contribution is -2.51. The van der Waals surface area contributed by atoms with Crippen molar-refractivity contribution in [3.63, 3.8) is 0 Å². The molecule has 206 valence electrons. The number of nitrogen functional groups attached to an aromatic ring is 1. The molecule has 39 heavy (non-hydrogen) atoms. The van der Waals surface area contributed by atoms with Crippen molar-refractivity contribution in [3.05, 3.63) is 35.9 Å². The van der Waals surface area contributed by atoms with Gasteiger partial charge in [0.2, 0.25) is 11.7 Å². The number of benzene rings is 2. The van der Waals surface area contributed by atoms with Gasteiger partial charge in [-0.3, -0.25) is 9.59 Å². The molecule has 1 unspecified atom stereocenters. The number of aromatic nitrogens is 2. The van der Waals surface area contributed by atoms with Crippen molar-refractivity contribution < 1.29 is 28.5 Å². The van der Waals surface area contributed by atoms with E-state index in [9.17, 15) is 9.59 Å². The quantitative estimate of drug-likeness (QED) is 0.462. The first-order valence-corrected chi connectivity index (χ1v) is 12.8. The van der Waals surface area contributed by atoms with Gasteiger partial charge in [0.05, 0.1) is 26.7 Å². The van der Waals surface area contributed by atoms with E-state index >= 15 is 0 Å². The largest absolute Gasteiger partial charge is 0.492 e. The van der Waals surface area contributed by atoms with E-state index in [0.717, 1.165) is 12.8 Å². The van der Waals surface area contributed by atoms with Crippen LogP contribution in [0.1, 0.15) is 23.2 Å². The molecule has 0 aliphatic carbocycles. The highest BCUT2D eigenvalue weighted by atomic mass is 16.5. The van der Waals surface area contributed by atoms with Crippen molar-refractivity contribution in [2.24, 2.45) is 0 Å². The summed E-state index contributed by atoms with van der Waals surface area (Å²) in [6, 6.07) is 8.80. The number of carbonyl (C=O) groups excluding carboxylic acids is 2. The molecule has 0 bridgehead atoms. The van der Waals surface area contributed by atoms with Crippen molar-refractivity contribution in [2.75, 3.05) is 70.1 Å². The number of hydrogen-bond acceptors (Lipinski definition) is 10. The van der Waals surface area contributed by atoms with Crippen molar-refractivity contribution >= 4 is 40.2 Å². The Morgan fingerprint density at radius 2 is 1.67 bits per heavy atom. The second-order valence-electron chi connectivity index (χ2n) is 9.24. The van der Waals surface area contributed by atoms with Gasteiger partial charge in [-0.2, -0.15) is 4.98 Å². The zero-order valence-corrected chi connectivity index (χ0v) is 22.2. The number of methoxy groups -OCH3 is 3. The molecule has 0 saturated carbocycles. The number of ether oxygens (including phenoxy) is 4. The fraction of sp³-hybridized carbons (Fsp3) is 0.407. The molecule has 2 amide bonds. The van der Waals surface area contributed by atoms with Gasteiger partial charge in [0, 0.05) is 38.3 Å². The van der Waals surface area contributed by atoms with Gasteiger partial charge >= 0.3 is 0 Å². The lowest BCUT2D eigenvalue weighted by atomic mass is 10.1. The topological polar surface area (TPSA) is 141 Å². The Hall–Kier alpha value is -4.32. The van der Waals surface area contributed by atoms with Crippen LogP contribution in [-0.4, -0.2) is 86.9 Å². The van der Waals surface area contributed by atoms with Gasteiger partial charge in [0.15, 0.2) is 11.5 Å². The predicted molar refractivity (Wildman–Crippen MR) is 146 cm³/mol. The first-order valence-electron chi connectivity index (χ1n) is 12.8. The average Bonchev–Trinajstić information content (AvgIpc) is 3.52. The fourth-order valence-corrected chi connectivity index (χ4v) is 5.02. The van der Waals surface area contributed by atoms with E-state index in [4.69, 9.17) is 29.7 Å². The third kappa shape index (κ3) is 4.94.